The molecule has 206 valence electrons. The fourth-order valence-electron chi connectivity index (χ4n) is 4.95. The van der Waals surface area contributed by atoms with Crippen molar-refractivity contribution in [2.24, 2.45) is 0 Å². The highest BCUT2D eigenvalue weighted by atomic mass is 35.5. The van der Waals surface area contributed by atoms with Crippen LogP contribution in [0.5, 0.6) is 0 Å². The van der Waals surface area contributed by atoms with Crippen molar-refractivity contribution in [1.29, 1.82) is 5.26 Å². The average molecular weight is 558 g/mol. The molecule has 11 heteroatoms. The molecule has 40 heavy (non-hydrogen) atoms. The number of hydrogen-bond donors (Lipinski definition) is 1. The summed E-state index contributed by atoms with van der Waals surface area (Å²) >= 11 is 6.51. The number of halogens is 1. The van der Waals surface area contributed by atoms with Gasteiger partial charge in [-0.3, -0.25) is 9.78 Å². The Bertz CT molecular complexity index is 1400. The van der Waals surface area contributed by atoms with E-state index in [0.29, 0.717) is 35.6 Å². The molecule has 1 N–H and O–H groups in total. The number of carbonyl (C=O) groups is 1. The number of nitrogens with zero attached hydrogens (tertiary/aromatic N) is 8. The van der Waals surface area contributed by atoms with Crippen LogP contribution in [0.25, 0.3) is 6.08 Å². The Labute approximate surface area is 239 Å². The van der Waals surface area contributed by atoms with Crippen molar-refractivity contribution in [1.82, 2.24) is 24.8 Å². The molecule has 2 aliphatic heterocycles. The van der Waals surface area contributed by atoms with Crippen molar-refractivity contribution >= 4 is 46.7 Å². The lowest BCUT2D eigenvalue weighted by atomic mass is 10.1. The van der Waals surface area contributed by atoms with Crippen LogP contribution in [0.3, 0.4) is 0 Å². The molecule has 10 nitrogen and oxygen atoms in total. The van der Waals surface area contributed by atoms with Crippen molar-refractivity contribution in [3.63, 3.8) is 0 Å². The lowest BCUT2D eigenvalue weighted by molar-refractivity contribution is -0.127. The molecule has 2 aromatic heterocycles. The lowest BCUT2D eigenvalue weighted by Gasteiger charge is -2.34. The van der Waals surface area contributed by atoms with E-state index in [2.05, 4.69) is 49.2 Å². The van der Waals surface area contributed by atoms with E-state index in [-0.39, 0.29) is 17.5 Å². The van der Waals surface area contributed by atoms with Crippen LogP contribution in [0.4, 0.5) is 23.1 Å². The zero-order valence-corrected chi connectivity index (χ0v) is 23.4. The summed E-state index contributed by atoms with van der Waals surface area (Å²) in [5.74, 6) is 0.724. The molecule has 2 fully saturated rings. The van der Waals surface area contributed by atoms with Crippen molar-refractivity contribution < 1.29 is 4.79 Å². The van der Waals surface area contributed by atoms with Gasteiger partial charge in [-0.25, -0.2) is 4.98 Å². The highest BCUT2D eigenvalue weighted by Crippen LogP contribution is 2.30. The Morgan fingerprint density at radius 1 is 1.10 bits per heavy atom. The first-order chi connectivity index (χ1) is 19.4. The summed E-state index contributed by atoms with van der Waals surface area (Å²) < 4.78 is 0. The molecule has 0 radical (unpaired) electrons. The molecular formula is C29H32ClN9O. The summed E-state index contributed by atoms with van der Waals surface area (Å²) in [6, 6.07) is 15.6. The molecule has 3 aromatic rings. The van der Waals surface area contributed by atoms with Gasteiger partial charge in [-0.2, -0.15) is 10.2 Å². The quantitative estimate of drug-likeness (QED) is 0.344. The number of rotatable bonds is 7. The number of hydrogen-bond acceptors (Lipinski definition) is 9. The number of aromatic nitrogens is 3. The van der Waals surface area contributed by atoms with Crippen LogP contribution < -0.4 is 15.1 Å². The molecule has 0 unspecified atom stereocenters. The minimum Gasteiger partial charge on any atom is -0.369 e. The zero-order chi connectivity index (χ0) is 28.1. The van der Waals surface area contributed by atoms with E-state index in [4.69, 9.17) is 16.6 Å². The lowest BCUT2D eigenvalue weighted by Crippen LogP contribution is -2.44. The second-order valence-corrected chi connectivity index (χ2v) is 10.5. The van der Waals surface area contributed by atoms with Crippen LogP contribution in [0.1, 0.15) is 12.1 Å². The number of anilines is 4. The summed E-state index contributed by atoms with van der Waals surface area (Å²) in [6.07, 6.45) is 5.46. The van der Waals surface area contributed by atoms with Crippen LogP contribution in [0.15, 0.2) is 60.4 Å². The van der Waals surface area contributed by atoms with Gasteiger partial charge >= 0.3 is 0 Å². The van der Waals surface area contributed by atoms with E-state index in [9.17, 15) is 10.1 Å². The summed E-state index contributed by atoms with van der Waals surface area (Å²) in [6.45, 7) is 5.37. The number of benzene rings is 1. The summed E-state index contributed by atoms with van der Waals surface area (Å²) in [5, 5.41) is 13.3. The predicted octanol–water partition coefficient (Wildman–Crippen LogP) is 3.66. The molecule has 2 saturated heterocycles. The molecule has 0 spiro atoms. The van der Waals surface area contributed by atoms with Gasteiger partial charge in [0, 0.05) is 63.9 Å². The van der Waals surface area contributed by atoms with E-state index in [0.717, 1.165) is 38.3 Å². The van der Waals surface area contributed by atoms with Gasteiger partial charge in [-0.1, -0.05) is 17.7 Å². The minimum absolute atomic E-state index is 0.0462. The summed E-state index contributed by atoms with van der Waals surface area (Å²) in [5.41, 5.74) is 2.70. The van der Waals surface area contributed by atoms with Crippen LogP contribution in [0, 0.1) is 11.3 Å². The Kier molecular flexibility index (Phi) is 8.43. The van der Waals surface area contributed by atoms with E-state index in [1.807, 2.05) is 24.3 Å². The Morgan fingerprint density at radius 3 is 2.58 bits per heavy atom. The van der Waals surface area contributed by atoms with Crippen LogP contribution in [0.2, 0.25) is 5.02 Å². The molecule has 5 rings (SSSR count). The van der Waals surface area contributed by atoms with Crippen LogP contribution in [-0.2, 0) is 4.79 Å². The van der Waals surface area contributed by atoms with Crippen molar-refractivity contribution in [2.75, 3.05) is 68.5 Å². The third-order valence-electron chi connectivity index (χ3n) is 7.38. The number of nitriles is 1. The minimum atomic E-state index is -0.337. The maximum absolute atomic E-state index is 13.1. The van der Waals surface area contributed by atoms with Gasteiger partial charge < -0.3 is 24.9 Å². The maximum atomic E-state index is 13.1. The highest BCUT2D eigenvalue weighted by Gasteiger charge is 2.31. The number of carbonyl (C=O) groups excluding carboxylic acids is 1. The Morgan fingerprint density at radius 2 is 1.88 bits per heavy atom. The number of likely N-dealkylation sites (N-methyl/N-ethyl adjacent to an activating group) is 2. The molecule has 0 bridgehead atoms. The van der Waals surface area contributed by atoms with Gasteiger partial charge in [-0.15, -0.1) is 0 Å². The van der Waals surface area contributed by atoms with Crippen LogP contribution >= 0.6 is 11.6 Å². The normalized spacial score (nSPS) is 17.9. The van der Waals surface area contributed by atoms with Gasteiger partial charge in [0.05, 0.1) is 17.9 Å². The van der Waals surface area contributed by atoms with Gasteiger partial charge in [0.15, 0.2) is 5.82 Å². The van der Waals surface area contributed by atoms with Gasteiger partial charge in [0.2, 0.25) is 5.95 Å². The standard InChI is InChI=1S/C29H32ClN9O/c1-36-13-15-38(16-14-36)24-8-6-22(7-9-24)34-29-33-19-26(30)27(35-29)39-12-10-25(20-39)37(2)28(40)21(18-31)17-23-5-3-4-11-32-23/h3-9,11,17,19,25H,10,12-16,20H2,1-2H3,(H,33,34,35)/b21-17+/t25-/m1/s1. The Balaban J connectivity index is 1.23. The predicted molar refractivity (Wildman–Crippen MR) is 158 cm³/mol. The fourth-order valence-corrected chi connectivity index (χ4v) is 5.16. The highest BCUT2D eigenvalue weighted by molar-refractivity contribution is 6.32. The van der Waals surface area contributed by atoms with Crippen LogP contribution in [-0.4, -0.2) is 90.1 Å². The number of amides is 1. The number of pyridine rings is 1. The first kappa shape index (κ1) is 27.4. The molecule has 0 aliphatic carbocycles. The summed E-state index contributed by atoms with van der Waals surface area (Å²) in [4.78, 5) is 34.7. The molecular weight excluding hydrogens is 526 g/mol. The van der Waals surface area contributed by atoms with Gasteiger partial charge in [0.25, 0.3) is 5.91 Å². The first-order valence-corrected chi connectivity index (χ1v) is 13.7. The van der Waals surface area contributed by atoms with E-state index < -0.39 is 0 Å². The number of piperazine rings is 1. The first-order valence-electron chi connectivity index (χ1n) is 13.3. The topological polar surface area (TPSA) is 105 Å². The Hall–Kier alpha value is -4.20. The van der Waals surface area contributed by atoms with E-state index in [1.54, 1.807) is 36.5 Å². The monoisotopic (exact) mass is 557 g/mol. The third-order valence-corrected chi connectivity index (χ3v) is 7.65. The fraction of sp³-hybridized carbons (Fsp3) is 0.345. The zero-order valence-electron chi connectivity index (χ0n) is 22.7. The second-order valence-electron chi connectivity index (χ2n) is 10.1. The molecule has 1 aromatic carbocycles. The van der Waals surface area contributed by atoms with Gasteiger partial charge in [-0.05, 0) is 55.9 Å². The number of nitrogens with one attached hydrogen (secondary N) is 1. The summed E-state index contributed by atoms with van der Waals surface area (Å²) in [7, 11) is 3.87. The molecule has 0 saturated carbocycles. The molecule has 4 heterocycles. The molecule has 2 aliphatic rings. The van der Waals surface area contributed by atoms with E-state index in [1.165, 1.54) is 11.8 Å². The van der Waals surface area contributed by atoms with Crippen molar-refractivity contribution in [3.8, 4) is 6.07 Å². The van der Waals surface area contributed by atoms with Crippen molar-refractivity contribution in [2.45, 2.75) is 12.5 Å². The van der Waals surface area contributed by atoms with E-state index >= 15 is 0 Å². The maximum Gasteiger partial charge on any atom is 0.264 e. The smallest absolute Gasteiger partial charge is 0.264 e. The molecule has 1 atom stereocenters. The second kappa shape index (κ2) is 12.3. The molecule has 1 amide bonds. The third kappa shape index (κ3) is 6.33. The largest absolute Gasteiger partial charge is 0.369 e. The SMILES string of the molecule is CN1CCN(c2ccc(Nc3ncc(Cl)c(N4CC[C@@H](N(C)C(=O)/C(C#N)=C/c5ccccn5)C4)n3)cc2)CC1. The average Bonchev–Trinajstić information content (AvgIpc) is 3.48. The van der Waals surface area contributed by atoms with Crippen molar-refractivity contribution in [3.05, 3.63) is 71.1 Å². The van der Waals surface area contributed by atoms with Gasteiger partial charge in [0.1, 0.15) is 16.7 Å².